The van der Waals surface area contributed by atoms with E-state index in [1.54, 1.807) is 34.9 Å². The molecule has 1 amide bonds. The molecule has 1 heterocycles. The second-order valence-corrected chi connectivity index (χ2v) is 12.4. The Labute approximate surface area is 212 Å². The Kier molecular flexibility index (Phi) is 7.93. The van der Waals surface area contributed by atoms with Crippen LogP contribution in [0, 0.1) is 0 Å². The Morgan fingerprint density at radius 2 is 1.79 bits per heavy atom. The van der Waals surface area contributed by atoms with Gasteiger partial charge in [-0.1, -0.05) is 53.3 Å². The summed E-state index contributed by atoms with van der Waals surface area (Å²) < 4.78 is 24.6. The molecular weight excluding hydrogens is 508 g/mol. The lowest BCUT2D eigenvalue weighted by Crippen LogP contribution is -2.30. The molecule has 5 nitrogen and oxygen atoms in total. The van der Waals surface area contributed by atoms with E-state index in [1.165, 1.54) is 17.6 Å². The fourth-order valence-corrected chi connectivity index (χ4v) is 6.07. The number of aromatic nitrogens is 1. The van der Waals surface area contributed by atoms with Gasteiger partial charge in [0.15, 0.2) is 15.0 Å². The summed E-state index contributed by atoms with van der Waals surface area (Å²) in [7, 11) is -3.32. The van der Waals surface area contributed by atoms with Crippen molar-refractivity contribution in [3.05, 3.63) is 83.4 Å². The molecule has 0 atom stereocenters. The fraction of sp³-hybridized carbons (Fsp3) is 0.200. The number of fused-ring (bicyclic) bond motifs is 1. The minimum atomic E-state index is -3.32. The van der Waals surface area contributed by atoms with E-state index >= 15 is 0 Å². The summed E-state index contributed by atoms with van der Waals surface area (Å²) in [5, 5.41) is 1.27. The lowest BCUT2D eigenvalue weighted by Gasteiger charge is -2.20. The number of carbonyl (C=O) groups is 1. The number of anilines is 1. The van der Waals surface area contributed by atoms with Crippen LogP contribution in [0.25, 0.3) is 10.2 Å². The normalized spacial score (nSPS) is 11.6. The summed E-state index contributed by atoms with van der Waals surface area (Å²) in [4.78, 5) is 21.0. The van der Waals surface area contributed by atoms with Crippen molar-refractivity contribution in [2.24, 2.45) is 0 Å². The Balaban J connectivity index is 1.51. The highest BCUT2D eigenvalue weighted by molar-refractivity contribution is 7.99. The van der Waals surface area contributed by atoms with Gasteiger partial charge in [0, 0.05) is 22.6 Å². The predicted molar refractivity (Wildman–Crippen MR) is 142 cm³/mol. The second kappa shape index (κ2) is 10.9. The molecule has 176 valence electrons. The molecular formula is C25H23ClN2O3S3. The first-order chi connectivity index (χ1) is 16.3. The summed E-state index contributed by atoms with van der Waals surface area (Å²) in [5.74, 6) is 0.798. The van der Waals surface area contributed by atoms with Crippen LogP contribution in [-0.4, -0.2) is 31.3 Å². The van der Waals surface area contributed by atoms with Crippen molar-refractivity contribution in [3.8, 4) is 0 Å². The minimum absolute atomic E-state index is 0.0112. The van der Waals surface area contributed by atoms with Crippen LogP contribution in [0.2, 0.25) is 5.02 Å². The summed E-state index contributed by atoms with van der Waals surface area (Å²) in [6, 6.07) is 22.3. The molecule has 0 saturated heterocycles. The number of hydrogen-bond donors (Lipinski definition) is 0. The average molecular weight is 531 g/mol. The smallest absolute Gasteiger partial charge is 0.229 e. The van der Waals surface area contributed by atoms with E-state index < -0.39 is 9.84 Å². The molecule has 4 rings (SSSR count). The van der Waals surface area contributed by atoms with Crippen LogP contribution in [0.15, 0.2) is 82.6 Å². The number of nitrogens with zero attached hydrogens (tertiary/aromatic N) is 2. The zero-order valence-corrected chi connectivity index (χ0v) is 21.7. The topological polar surface area (TPSA) is 67.3 Å². The van der Waals surface area contributed by atoms with Crippen LogP contribution in [0.1, 0.15) is 18.4 Å². The number of amides is 1. The van der Waals surface area contributed by atoms with Crippen molar-refractivity contribution >= 4 is 65.8 Å². The molecule has 0 aliphatic carbocycles. The SMILES string of the molecule is CS(=O)(=O)c1ccc2nc(N(Cc3ccccc3)C(=O)CCCSc3ccc(Cl)cc3)sc2c1. The third-order valence-electron chi connectivity index (χ3n) is 5.11. The maximum Gasteiger partial charge on any atom is 0.229 e. The summed E-state index contributed by atoms with van der Waals surface area (Å²) in [6.07, 6.45) is 2.29. The van der Waals surface area contributed by atoms with Gasteiger partial charge >= 0.3 is 0 Å². The maximum absolute atomic E-state index is 13.3. The van der Waals surface area contributed by atoms with Crippen molar-refractivity contribution in [1.29, 1.82) is 0 Å². The number of hydrogen-bond acceptors (Lipinski definition) is 6. The molecule has 0 bridgehead atoms. The van der Waals surface area contributed by atoms with Gasteiger partial charge in [0.25, 0.3) is 0 Å². The lowest BCUT2D eigenvalue weighted by atomic mass is 10.2. The average Bonchev–Trinajstić information content (AvgIpc) is 3.24. The molecule has 0 saturated carbocycles. The molecule has 0 fully saturated rings. The Morgan fingerprint density at radius 1 is 1.06 bits per heavy atom. The van der Waals surface area contributed by atoms with Gasteiger partial charge in [0.05, 0.1) is 21.7 Å². The number of thioether (sulfide) groups is 1. The van der Waals surface area contributed by atoms with E-state index in [1.807, 2.05) is 54.6 Å². The molecule has 34 heavy (non-hydrogen) atoms. The highest BCUT2D eigenvalue weighted by Gasteiger charge is 2.21. The van der Waals surface area contributed by atoms with E-state index in [2.05, 4.69) is 4.98 Å². The molecule has 4 aromatic rings. The maximum atomic E-state index is 13.3. The third-order valence-corrected chi connectivity index (χ3v) is 8.61. The molecule has 3 aromatic carbocycles. The number of rotatable bonds is 9. The fourth-order valence-electron chi connectivity index (χ4n) is 3.35. The number of carbonyl (C=O) groups excluding carboxylic acids is 1. The van der Waals surface area contributed by atoms with Crippen LogP contribution >= 0.6 is 34.7 Å². The quantitative estimate of drug-likeness (QED) is 0.183. The Morgan fingerprint density at radius 3 is 2.50 bits per heavy atom. The lowest BCUT2D eigenvalue weighted by molar-refractivity contribution is -0.118. The number of halogens is 1. The zero-order valence-electron chi connectivity index (χ0n) is 18.5. The summed E-state index contributed by atoms with van der Waals surface area (Å²) in [6.45, 7) is 0.406. The van der Waals surface area contributed by atoms with Gasteiger partial charge in [0.1, 0.15) is 0 Å². The van der Waals surface area contributed by atoms with Gasteiger partial charge in [-0.15, -0.1) is 11.8 Å². The number of benzene rings is 3. The predicted octanol–water partition coefficient (Wildman–Crippen LogP) is 6.46. The molecule has 0 aliphatic rings. The van der Waals surface area contributed by atoms with Crippen LogP contribution in [-0.2, 0) is 21.2 Å². The highest BCUT2D eigenvalue weighted by atomic mass is 35.5. The largest absolute Gasteiger partial charge is 0.284 e. The van der Waals surface area contributed by atoms with Crippen LogP contribution in [0.3, 0.4) is 0 Å². The first kappa shape index (κ1) is 24.7. The van der Waals surface area contributed by atoms with E-state index in [-0.39, 0.29) is 10.8 Å². The monoisotopic (exact) mass is 530 g/mol. The van der Waals surface area contributed by atoms with E-state index in [0.717, 1.165) is 27.3 Å². The van der Waals surface area contributed by atoms with Crippen molar-refractivity contribution < 1.29 is 13.2 Å². The van der Waals surface area contributed by atoms with Gasteiger partial charge < -0.3 is 0 Å². The first-order valence-corrected chi connectivity index (χ1v) is 14.7. The third kappa shape index (κ3) is 6.39. The highest BCUT2D eigenvalue weighted by Crippen LogP contribution is 2.32. The van der Waals surface area contributed by atoms with Crippen molar-refractivity contribution in [2.75, 3.05) is 16.9 Å². The Hall–Kier alpha value is -2.39. The van der Waals surface area contributed by atoms with Crippen molar-refractivity contribution in [3.63, 3.8) is 0 Å². The van der Waals surface area contributed by atoms with E-state index in [4.69, 9.17) is 11.6 Å². The first-order valence-electron chi connectivity index (χ1n) is 10.6. The van der Waals surface area contributed by atoms with E-state index in [9.17, 15) is 13.2 Å². The molecule has 0 N–H and O–H groups in total. The van der Waals surface area contributed by atoms with Crippen molar-refractivity contribution in [2.45, 2.75) is 29.2 Å². The number of sulfone groups is 1. The standard InChI is InChI=1S/C25H23ClN2O3S3/c1-34(30,31)21-13-14-22-23(16-21)33-25(27-22)28(17-18-6-3-2-4-7-18)24(29)8-5-15-32-20-11-9-19(26)10-12-20/h2-4,6-7,9-14,16H,5,8,15,17H2,1H3. The van der Waals surface area contributed by atoms with Gasteiger partial charge in [-0.2, -0.15) is 0 Å². The molecule has 9 heteroatoms. The summed E-state index contributed by atoms with van der Waals surface area (Å²) in [5.41, 5.74) is 1.68. The van der Waals surface area contributed by atoms with Crippen LogP contribution in [0.5, 0.6) is 0 Å². The molecule has 0 aliphatic heterocycles. The summed E-state index contributed by atoms with van der Waals surface area (Å²) >= 11 is 8.96. The van der Waals surface area contributed by atoms with Crippen LogP contribution in [0.4, 0.5) is 5.13 Å². The van der Waals surface area contributed by atoms with Crippen molar-refractivity contribution in [1.82, 2.24) is 4.98 Å². The minimum Gasteiger partial charge on any atom is -0.284 e. The Bertz CT molecular complexity index is 1390. The van der Waals surface area contributed by atoms with Gasteiger partial charge in [-0.25, -0.2) is 13.4 Å². The van der Waals surface area contributed by atoms with E-state index in [0.29, 0.717) is 28.6 Å². The van der Waals surface area contributed by atoms with Gasteiger partial charge in [0.2, 0.25) is 5.91 Å². The second-order valence-electron chi connectivity index (χ2n) is 7.77. The molecule has 0 spiro atoms. The van der Waals surface area contributed by atoms with Gasteiger partial charge in [-0.3, -0.25) is 9.69 Å². The van der Waals surface area contributed by atoms with Crippen LogP contribution < -0.4 is 4.90 Å². The molecule has 0 radical (unpaired) electrons. The van der Waals surface area contributed by atoms with Gasteiger partial charge in [-0.05, 0) is 60.2 Å². The molecule has 1 aromatic heterocycles. The molecule has 0 unspecified atom stereocenters. The number of thiazole rings is 1. The zero-order chi connectivity index (χ0) is 24.1.